The van der Waals surface area contributed by atoms with Crippen LogP contribution >= 0.6 is 15.9 Å². The summed E-state index contributed by atoms with van der Waals surface area (Å²) in [7, 11) is 0. The van der Waals surface area contributed by atoms with Crippen LogP contribution in [-0.2, 0) is 0 Å². The highest BCUT2D eigenvalue weighted by atomic mass is 79.9. The van der Waals surface area contributed by atoms with Crippen molar-refractivity contribution < 1.29 is 9.90 Å². The van der Waals surface area contributed by atoms with Crippen molar-refractivity contribution >= 4 is 21.8 Å². The van der Waals surface area contributed by atoms with E-state index in [9.17, 15) is 9.90 Å². The summed E-state index contributed by atoms with van der Waals surface area (Å²) in [6.07, 6.45) is 0. The molecular formula is C11H14BrNO2. The first kappa shape index (κ1) is 12.0. The van der Waals surface area contributed by atoms with Crippen molar-refractivity contribution in [3.8, 4) is 5.75 Å². The van der Waals surface area contributed by atoms with E-state index in [-0.39, 0.29) is 16.5 Å². The Hall–Kier alpha value is -1.03. The fourth-order valence-corrected chi connectivity index (χ4v) is 1.25. The lowest BCUT2D eigenvalue weighted by atomic mass is 10.1. The smallest absolute Gasteiger partial charge is 0.251 e. The second-order valence-corrected chi connectivity index (χ2v) is 5.06. The van der Waals surface area contributed by atoms with Gasteiger partial charge in [0.2, 0.25) is 0 Å². The molecule has 1 unspecified atom stereocenters. The standard InChI is InChI=1S/C11H14BrNO2/c1-7-3-4-9(5-10(7)14)11(15)13-6-8(2)12/h3-5,8,14H,6H2,1-2H3,(H,13,15). The molecule has 0 radical (unpaired) electrons. The first-order chi connectivity index (χ1) is 7.00. The Morgan fingerprint density at radius 2 is 2.27 bits per heavy atom. The highest BCUT2D eigenvalue weighted by Crippen LogP contribution is 2.17. The summed E-state index contributed by atoms with van der Waals surface area (Å²) in [6, 6.07) is 4.90. The first-order valence-corrected chi connectivity index (χ1v) is 5.64. The van der Waals surface area contributed by atoms with Crippen molar-refractivity contribution in [2.45, 2.75) is 18.7 Å². The van der Waals surface area contributed by atoms with E-state index in [1.807, 2.05) is 6.92 Å². The van der Waals surface area contributed by atoms with Gasteiger partial charge < -0.3 is 10.4 Å². The van der Waals surface area contributed by atoms with Gasteiger partial charge in [-0.2, -0.15) is 0 Å². The molecule has 2 N–H and O–H groups in total. The van der Waals surface area contributed by atoms with Gasteiger partial charge in [0.25, 0.3) is 5.91 Å². The van der Waals surface area contributed by atoms with Gasteiger partial charge in [-0.05, 0) is 24.6 Å². The van der Waals surface area contributed by atoms with Crippen LogP contribution in [0.1, 0.15) is 22.8 Å². The molecule has 0 spiro atoms. The number of halogens is 1. The van der Waals surface area contributed by atoms with Crippen molar-refractivity contribution in [1.29, 1.82) is 0 Å². The summed E-state index contributed by atoms with van der Waals surface area (Å²) in [5, 5.41) is 12.2. The van der Waals surface area contributed by atoms with Crippen LogP contribution in [0.2, 0.25) is 0 Å². The Kier molecular flexibility index (Phi) is 4.15. The zero-order chi connectivity index (χ0) is 11.4. The van der Waals surface area contributed by atoms with Crippen molar-refractivity contribution in [1.82, 2.24) is 5.32 Å². The third-order valence-corrected chi connectivity index (χ3v) is 2.34. The van der Waals surface area contributed by atoms with Gasteiger partial charge in [0.05, 0.1) is 0 Å². The molecule has 0 aliphatic rings. The first-order valence-electron chi connectivity index (χ1n) is 4.72. The molecule has 0 saturated heterocycles. The number of nitrogens with one attached hydrogen (secondary N) is 1. The number of carbonyl (C=O) groups is 1. The lowest BCUT2D eigenvalue weighted by molar-refractivity contribution is 0.0954. The van der Waals surface area contributed by atoms with Gasteiger partial charge in [0.15, 0.2) is 0 Å². The zero-order valence-electron chi connectivity index (χ0n) is 8.75. The maximum absolute atomic E-state index is 11.6. The van der Waals surface area contributed by atoms with Crippen molar-refractivity contribution in [3.63, 3.8) is 0 Å². The maximum atomic E-state index is 11.6. The molecule has 1 amide bonds. The molecule has 3 nitrogen and oxygen atoms in total. The van der Waals surface area contributed by atoms with Crippen LogP contribution < -0.4 is 5.32 Å². The molecule has 1 aromatic rings. The molecule has 15 heavy (non-hydrogen) atoms. The summed E-state index contributed by atoms with van der Waals surface area (Å²) in [6.45, 7) is 4.30. The number of phenols is 1. The largest absolute Gasteiger partial charge is 0.508 e. The number of amides is 1. The van der Waals surface area contributed by atoms with Crippen molar-refractivity contribution in [3.05, 3.63) is 29.3 Å². The molecule has 1 aromatic carbocycles. The minimum absolute atomic E-state index is 0.148. The molecule has 82 valence electrons. The molecule has 1 atom stereocenters. The van der Waals surface area contributed by atoms with Gasteiger partial charge in [0.1, 0.15) is 5.75 Å². The molecule has 4 heteroatoms. The molecule has 1 rings (SSSR count). The molecule has 0 saturated carbocycles. The van der Waals surface area contributed by atoms with Crippen LogP contribution in [0.3, 0.4) is 0 Å². The predicted octanol–water partition coefficient (Wildman–Crippen LogP) is 2.21. The van der Waals surface area contributed by atoms with Crippen molar-refractivity contribution in [2.24, 2.45) is 0 Å². The number of benzene rings is 1. The third kappa shape index (κ3) is 3.55. The summed E-state index contributed by atoms with van der Waals surface area (Å²) < 4.78 is 0. The molecule has 0 heterocycles. The Labute approximate surface area is 97.6 Å². The SMILES string of the molecule is Cc1ccc(C(=O)NCC(C)Br)cc1O. The van der Waals surface area contributed by atoms with Crippen LogP contribution in [0, 0.1) is 6.92 Å². The average molecular weight is 272 g/mol. The van der Waals surface area contributed by atoms with E-state index in [1.165, 1.54) is 6.07 Å². The Morgan fingerprint density at radius 1 is 1.60 bits per heavy atom. The van der Waals surface area contributed by atoms with E-state index in [1.54, 1.807) is 19.1 Å². The van der Waals surface area contributed by atoms with E-state index < -0.39 is 0 Å². The van der Waals surface area contributed by atoms with Gasteiger partial charge in [-0.3, -0.25) is 4.79 Å². The van der Waals surface area contributed by atoms with E-state index in [4.69, 9.17) is 0 Å². The number of aryl methyl sites for hydroxylation is 1. The second kappa shape index (κ2) is 5.16. The topological polar surface area (TPSA) is 49.3 Å². The monoisotopic (exact) mass is 271 g/mol. The molecule has 0 aliphatic heterocycles. The Morgan fingerprint density at radius 3 is 2.80 bits per heavy atom. The third-order valence-electron chi connectivity index (χ3n) is 2.02. The number of hydrogen-bond acceptors (Lipinski definition) is 2. The molecule has 0 aromatic heterocycles. The lowest BCUT2D eigenvalue weighted by Crippen LogP contribution is -2.28. The van der Waals surface area contributed by atoms with Gasteiger partial charge >= 0.3 is 0 Å². The van der Waals surface area contributed by atoms with E-state index in [0.29, 0.717) is 12.1 Å². The highest BCUT2D eigenvalue weighted by Gasteiger charge is 2.07. The predicted molar refractivity (Wildman–Crippen MR) is 63.6 cm³/mol. The number of aromatic hydroxyl groups is 1. The summed E-state index contributed by atoms with van der Waals surface area (Å²) in [5.74, 6) is -0.0221. The highest BCUT2D eigenvalue weighted by molar-refractivity contribution is 9.09. The van der Waals surface area contributed by atoms with Gasteiger partial charge in [-0.1, -0.05) is 28.9 Å². The fourth-order valence-electron chi connectivity index (χ4n) is 1.09. The summed E-state index contributed by atoms with van der Waals surface area (Å²) >= 11 is 3.34. The summed E-state index contributed by atoms with van der Waals surface area (Å²) in [4.78, 5) is 11.8. The minimum Gasteiger partial charge on any atom is -0.508 e. The van der Waals surface area contributed by atoms with Crippen LogP contribution in [0.15, 0.2) is 18.2 Å². The average Bonchev–Trinajstić information content (AvgIpc) is 2.18. The van der Waals surface area contributed by atoms with Crippen molar-refractivity contribution in [2.75, 3.05) is 6.54 Å². The summed E-state index contributed by atoms with van der Waals surface area (Å²) in [5.41, 5.74) is 1.24. The van der Waals surface area contributed by atoms with Crippen LogP contribution in [0.25, 0.3) is 0 Å². The minimum atomic E-state index is -0.170. The molecular weight excluding hydrogens is 258 g/mol. The Balaban J connectivity index is 2.70. The number of phenolic OH excluding ortho intramolecular Hbond substituents is 1. The molecule has 0 aliphatic carbocycles. The number of hydrogen-bond donors (Lipinski definition) is 2. The second-order valence-electron chi connectivity index (χ2n) is 3.49. The normalized spacial score (nSPS) is 12.2. The van der Waals surface area contributed by atoms with E-state index in [0.717, 1.165) is 5.56 Å². The Bertz CT molecular complexity index is 364. The van der Waals surface area contributed by atoms with Crippen LogP contribution in [0.4, 0.5) is 0 Å². The quantitative estimate of drug-likeness (QED) is 0.829. The van der Waals surface area contributed by atoms with Crippen LogP contribution in [-0.4, -0.2) is 22.4 Å². The van der Waals surface area contributed by atoms with E-state index in [2.05, 4.69) is 21.2 Å². The number of carbonyl (C=O) groups excluding carboxylic acids is 1. The zero-order valence-corrected chi connectivity index (χ0v) is 10.3. The molecule has 0 fully saturated rings. The lowest BCUT2D eigenvalue weighted by Gasteiger charge is -2.07. The van der Waals surface area contributed by atoms with Gasteiger partial charge in [-0.25, -0.2) is 0 Å². The molecule has 0 bridgehead atoms. The maximum Gasteiger partial charge on any atom is 0.251 e. The fraction of sp³-hybridized carbons (Fsp3) is 0.364. The number of alkyl halides is 1. The van der Waals surface area contributed by atoms with Gasteiger partial charge in [-0.15, -0.1) is 0 Å². The van der Waals surface area contributed by atoms with Gasteiger partial charge in [0, 0.05) is 16.9 Å². The van der Waals surface area contributed by atoms with Crippen LogP contribution in [0.5, 0.6) is 5.75 Å². The number of rotatable bonds is 3. The van der Waals surface area contributed by atoms with E-state index >= 15 is 0 Å².